The lowest BCUT2D eigenvalue weighted by atomic mass is 10.3. The highest BCUT2D eigenvalue weighted by Gasteiger charge is 1.87. The van der Waals surface area contributed by atoms with Gasteiger partial charge in [0.2, 0.25) is 0 Å². The van der Waals surface area contributed by atoms with Crippen LogP contribution >= 0.6 is 12.4 Å². The predicted molar refractivity (Wildman–Crippen MR) is 48.9 cm³/mol. The van der Waals surface area contributed by atoms with Crippen LogP contribution in [-0.2, 0) is 6.54 Å². The van der Waals surface area contributed by atoms with Crippen molar-refractivity contribution in [3.8, 4) is 0 Å². The number of rotatable bonds is 3. The van der Waals surface area contributed by atoms with E-state index in [4.69, 9.17) is 0 Å². The Kier molecular flexibility index (Phi) is 5.80. The lowest BCUT2D eigenvalue weighted by Gasteiger charge is -1.98. The van der Waals surface area contributed by atoms with Gasteiger partial charge in [0.05, 0.1) is 5.69 Å². The highest BCUT2D eigenvalue weighted by molar-refractivity contribution is 5.85. The quantitative estimate of drug-likeness (QED) is 0.750. The summed E-state index contributed by atoms with van der Waals surface area (Å²) in [6, 6.07) is 5.94. The van der Waals surface area contributed by atoms with Gasteiger partial charge < -0.3 is 5.32 Å². The summed E-state index contributed by atoms with van der Waals surface area (Å²) in [7, 11) is 0. The van der Waals surface area contributed by atoms with Crippen LogP contribution in [0.2, 0.25) is 0 Å². The fraction of sp³-hybridized carbons (Fsp3) is 0.375. The number of hydrogen-bond acceptors (Lipinski definition) is 2. The van der Waals surface area contributed by atoms with E-state index in [9.17, 15) is 0 Å². The Bertz CT molecular complexity index is 177. The van der Waals surface area contributed by atoms with Crippen LogP contribution in [0.3, 0.4) is 0 Å². The standard InChI is InChI=1S/C8H12N2.ClH/c1-2-9-7-8-5-3-4-6-10-8;/h3-6,9H,2,7H2,1H3;1H. The van der Waals surface area contributed by atoms with E-state index in [2.05, 4.69) is 17.2 Å². The van der Waals surface area contributed by atoms with Crippen molar-refractivity contribution in [2.24, 2.45) is 0 Å². The topological polar surface area (TPSA) is 24.9 Å². The molecule has 0 aliphatic carbocycles. The summed E-state index contributed by atoms with van der Waals surface area (Å²) < 4.78 is 0. The molecule has 0 spiro atoms. The van der Waals surface area contributed by atoms with E-state index in [1.54, 1.807) is 0 Å². The van der Waals surface area contributed by atoms with Gasteiger partial charge in [-0.05, 0) is 18.7 Å². The molecule has 0 bridgehead atoms. The van der Waals surface area contributed by atoms with Crippen molar-refractivity contribution < 1.29 is 0 Å². The first kappa shape index (κ1) is 10.4. The van der Waals surface area contributed by atoms with Crippen LogP contribution in [0.25, 0.3) is 0 Å². The van der Waals surface area contributed by atoms with Crippen LogP contribution in [-0.4, -0.2) is 11.5 Å². The van der Waals surface area contributed by atoms with Gasteiger partial charge in [-0.25, -0.2) is 0 Å². The van der Waals surface area contributed by atoms with E-state index in [-0.39, 0.29) is 12.4 Å². The van der Waals surface area contributed by atoms with Crippen LogP contribution in [0.1, 0.15) is 12.6 Å². The van der Waals surface area contributed by atoms with E-state index < -0.39 is 0 Å². The van der Waals surface area contributed by atoms with Crippen molar-refractivity contribution in [3.63, 3.8) is 0 Å². The summed E-state index contributed by atoms with van der Waals surface area (Å²) in [6.07, 6.45) is 1.81. The summed E-state index contributed by atoms with van der Waals surface area (Å²) in [5, 5.41) is 3.20. The highest BCUT2D eigenvalue weighted by Crippen LogP contribution is 1.90. The van der Waals surface area contributed by atoms with Crippen molar-refractivity contribution in [2.45, 2.75) is 13.5 Å². The lowest BCUT2D eigenvalue weighted by molar-refractivity contribution is 0.711. The zero-order valence-electron chi connectivity index (χ0n) is 6.58. The number of hydrogen-bond donors (Lipinski definition) is 1. The molecule has 0 atom stereocenters. The second-order valence-electron chi connectivity index (χ2n) is 2.10. The number of pyridine rings is 1. The normalized spacial score (nSPS) is 8.82. The SMILES string of the molecule is CCNCc1ccccn1.Cl. The number of nitrogens with zero attached hydrogens (tertiary/aromatic N) is 1. The summed E-state index contributed by atoms with van der Waals surface area (Å²) in [5.41, 5.74) is 1.10. The maximum absolute atomic E-state index is 4.15. The molecule has 0 saturated heterocycles. The molecule has 0 fully saturated rings. The molecule has 1 heterocycles. The third kappa shape index (κ3) is 3.96. The maximum Gasteiger partial charge on any atom is 0.0541 e. The third-order valence-corrected chi connectivity index (χ3v) is 1.28. The van der Waals surface area contributed by atoms with Crippen LogP contribution in [0, 0.1) is 0 Å². The fourth-order valence-corrected chi connectivity index (χ4v) is 0.756. The van der Waals surface area contributed by atoms with Crippen molar-refractivity contribution in [2.75, 3.05) is 6.54 Å². The summed E-state index contributed by atoms with van der Waals surface area (Å²) in [5.74, 6) is 0. The number of halogens is 1. The minimum absolute atomic E-state index is 0. The predicted octanol–water partition coefficient (Wildman–Crippen LogP) is 1.61. The Morgan fingerprint density at radius 3 is 2.82 bits per heavy atom. The van der Waals surface area contributed by atoms with Gasteiger partial charge in [0.1, 0.15) is 0 Å². The van der Waals surface area contributed by atoms with E-state index in [0.29, 0.717) is 0 Å². The largest absolute Gasteiger partial charge is 0.311 e. The molecule has 62 valence electrons. The minimum atomic E-state index is 0. The van der Waals surface area contributed by atoms with Crippen molar-refractivity contribution in [1.82, 2.24) is 10.3 Å². The van der Waals surface area contributed by atoms with E-state index in [1.807, 2.05) is 24.4 Å². The highest BCUT2D eigenvalue weighted by atomic mass is 35.5. The average molecular weight is 173 g/mol. The summed E-state index contributed by atoms with van der Waals surface area (Å²) in [4.78, 5) is 4.15. The summed E-state index contributed by atoms with van der Waals surface area (Å²) in [6.45, 7) is 3.96. The Balaban J connectivity index is 0.000001000. The zero-order chi connectivity index (χ0) is 7.23. The molecule has 0 unspecified atom stereocenters. The van der Waals surface area contributed by atoms with Crippen LogP contribution in [0.5, 0.6) is 0 Å². The van der Waals surface area contributed by atoms with Crippen LogP contribution in [0.15, 0.2) is 24.4 Å². The second-order valence-corrected chi connectivity index (χ2v) is 2.10. The third-order valence-electron chi connectivity index (χ3n) is 1.28. The Hall–Kier alpha value is -0.600. The van der Waals surface area contributed by atoms with Gasteiger partial charge in [-0.15, -0.1) is 12.4 Å². The molecule has 1 aromatic rings. The molecule has 2 nitrogen and oxygen atoms in total. The molecule has 0 saturated carbocycles. The molecule has 0 aliphatic heterocycles. The van der Waals surface area contributed by atoms with Gasteiger partial charge in [-0.2, -0.15) is 0 Å². The maximum atomic E-state index is 4.15. The smallest absolute Gasteiger partial charge is 0.0541 e. The molecule has 3 heteroatoms. The van der Waals surface area contributed by atoms with Crippen molar-refractivity contribution in [3.05, 3.63) is 30.1 Å². The van der Waals surface area contributed by atoms with E-state index in [0.717, 1.165) is 18.8 Å². The molecule has 0 aliphatic rings. The van der Waals surface area contributed by atoms with Gasteiger partial charge in [0.15, 0.2) is 0 Å². The molecule has 1 rings (SSSR count). The van der Waals surface area contributed by atoms with Crippen molar-refractivity contribution >= 4 is 12.4 Å². The van der Waals surface area contributed by atoms with E-state index >= 15 is 0 Å². The number of aromatic nitrogens is 1. The van der Waals surface area contributed by atoms with Gasteiger partial charge in [-0.3, -0.25) is 4.98 Å². The molecule has 1 N–H and O–H groups in total. The Morgan fingerprint density at radius 1 is 1.45 bits per heavy atom. The minimum Gasteiger partial charge on any atom is -0.311 e. The van der Waals surface area contributed by atoms with E-state index in [1.165, 1.54) is 0 Å². The molecule has 0 aromatic carbocycles. The second kappa shape index (κ2) is 6.13. The molecule has 1 aromatic heterocycles. The molecule has 11 heavy (non-hydrogen) atoms. The average Bonchev–Trinajstić information content (AvgIpc) is 2.03. The molecule has 0 amide bonds. The van der Waals surface area contributed by atoms with Gasteiger partial charge in [0, 0.05) is 12.7 Å². The van der Waals surface area contributed by atoms with Crippen LogP contribution in [0.4, 0.5) is 0 Å². The van der Waals surface area contributed by atoms with Crippen molar-refractivity contribution in [1.29, 1.82) is 0 Å². The Labute approximate surface area is 73.4 Å². The van der Waals surface area contributed by atoms with Gasteiger partial charge in [0.25, 0.3) is 0 Å². The first-order valence-corrected chi connectivity index (χ1v) is 3.54. The summed E-state index contributed by atoms with van der Waals surface area (Å²) >= 11 is 0. The molecule has 0 radical (unpaired) electrons. The molecular weight excluding hydrogens is 160 g/mol. The zero-order valence-corrected chi connectivity index (χ0v) is 7.40. The molecular formula is C8H13ClN2. The first-order valence-electron chi connectivity index (χ1n) is 3.54. The number of nitrogens with one attached hydrogen (secondary N) is 1. The Morgan fingerprint density at radius 2 is 2.27 bits per heavy atom. The van der Waals surface area contributed by atoms with Gasteiger partial charge >= 0.3 is 0 Å². The lowest BCUT2D eigenvalue weighted by Crippen LogP contribution is -2.12. The van der Waals surface area contributed by atoms with Gasteiger partial charge in [-0.1, -0.05) is 13.0 Å². The monoisotopic (exact) mass is 172 g/mol. The first-order chi connectivity index (χ1) is 4.93. The fourth-order valence-electron chi connectivity index (χ4n) is 0.756. The van der Waals surface area contributed by atoms with Crippen LogP contribution < -0.4 is 5.32 Å².